The number of carbonyl (C=O) groups is 2. The van der Waals surface area contributed by atoms with E-state index >= 15 is 0 Å². The second-order valence-corrected chi connectivity index (χ2v) is 4.23. The molecule has 0 saturated heterocycles. The molecule has 5 nitrogen and oxygen atoms in total. The third kappa shape index (κ3) is 4.53. The predicted octanol–water partition coefficient (Wildman–Crippen LogP) is 1.73. The molecular weight excluding hydrogens is 254 g/mol. The van der Waals surface area contributed by atoms with Crippen molar-refractivity contribution in [2.45, 2.75) is 13.0 Å². The van der Waals surface area contributed by atoms with E-state index in [4.69, 9.17) is 0 Å². The second kappa shape index (κ2) is 7.04. The maximum absolute atomic E-state index is 11.6. The molecule has 0 aliphatic rings. The zero-order valence-corrected chi connectivity index (χ0v) is 10.9. The van der Waals surface area contributed by atoms with Crippen molar-refractivity contribution in [3.8, 4) is 0 Å². The third-order valence-electron chi connectivity index (χ3n) is 2.59. The lowest BCUT2D eigenvalue weighted by Gasteiger charge is -2.06. The highest BCUT2D eigenvalue weighted by molar-refractivity contribution is 6.03. The van der Waals surface area contributed by atoms with Crippen LogP contribution < -0.4 is 10.6 Å². The SMILES string of the molecule is O=C(CC(=O)Nc1ccccc1)NCc1cccnc1. The molecule has 1 heterocycles. The summed E-state index contributed by atoms with van der Waals surface area (Å²) in [5.74, 6) is -0.651. The Hall–Kier alpha value is -2.69. The summed E-state index contributed by atoms with van der Waals surface area (Å²) >= 11 is 0. The average Bonchev–Trinajstić information content (AvgIpc) is 2.47. The summed E-state index contributed by atoms with van der Waals surface area (Å²) in [6.45, 7) is 0.366. The van der Waals surface area contributed by atoms with Gasteiger partial charge in [0.25, 0.3) is 0 Å². The number of hydrogen-bond acceptors (Lipinski definition) is 3. The molecule has 0 fully saturated rings. The van der Waals surface area contributed by atoms with Gasteiger partial charge in [-0.1, -0.05) is 24.3 Å². The molecule has 0 unspecified atom stereocenters. The Labute approximate surface area is 117 Å². The van der Waals surface area contributed by atoms with Crippen LogP contribution in [0.3, 0.4) is 0 Å². The van der Waals surface area contributed by atoms with Crippen LogP contribution in [-0.2, 0) is 16.1 Å². The van der Waals surface area contributed by atoms with E-state index in [2.05, 4.69) is 15.6 Å². The van der Waals surface area contributed by atoms with Crippen molar-refractivity contribution in [1.29, 1.82) is 0 Å². The van der Waals surface area contributed by atoms with Crippen LogP contribution in [0.5, 0.6) is 0 Å². The smallest absolute Gasteiger partial charge is 0.233 e. The van der Waals surface area contributed by atoms with Crippen LogP contribution >= 0.6 is 0 Å². The molecule has 2 rings (SSSR count). The van der Waals surface area contributed by atoms with Crippen molar-refractivity contribution in [1.82, 2.24) is 10.3 Å². The lowest BCUT2D eigenvalue weighted by molar-refractivity contribution is -0.126. The van der Waals surface area contributed by atoms with Crippen LogP contribution in [-0.4, -0.2) is 16.8 Å². The molecule has 1 aromatic carbocycles. The fraction of sp³-hybridized carbons (Fsp3) is 0.133. The number of nitrogens with zero attached hydrogens (tertiary/aromatic N) is 1. The molecule has 0 bridgehead atoms. The molecule has 0 spiro atoms. The first kappa shape index (κ1) is 13.7. The Morgan fingerprint density at radius 1 is 1.00 bits per heavy atom. The predicted molar refractivity (Wildman–Crippen MR) is 75.8 cm³/mol. The molecule has 1 aromatic heterocycles. The van der Waals surface area contributed by atoms with Crippen LogP contribution in [0.15, 0.2) is 54.9 Å². The summed E-state index contributed by atoms with van der Waals surface area (Å²) in [6, 6.07) is 12.7. The van der Waals surface area contributed by atoms with E-state index in [1.54, 1.807) is 30.6 Å². The summed E-state index contributed by atoms with van der Waals surface area (Å²) in [7, 11) is 0. The van der Waals surface area contributed by atoms with Gasteiger partial charge < -0.3 is 10.6 Å². The van der Waals surface area contributed by atoms with Crippen LogP contribution in [0.1, 0.15) is 12.0 Å². The minimum atomic E-state index is -0.333. The van der Waals surface area contributed by atoms with Gasteiger partial charge in [-0.15, -0.1) is 0 Å². The van der Waals surface area contributed by atoms with Crippen molar-refractivity contribution in [3.05, 3.63) is 60.4 Å². The van der Waals surface area contributed by atoms with Gasteiger partial charge >= 0.3 is 0 Å². The topological polar surface area (TPSA) is 71.1 Å². The summed E-state index contributed by atoms with van der Waals surface area (Å²) in [5, 5.41) is 5.33. The van der Waals surface area contributed by atoms with Gasteiger partial charge in [-0.05, 0) is 23.8 Å². The molecule has 0 radical (unpaired) electrons. The number of benzene rings is 1. The molecule has 5 heteroatoms. The Morgan fingerprint density at radius 3 is 2.50 bits per heavy atom. The molecular formula is C15H15N3O2. The Kier molecular flexibility index (Phi) is 4.83. The van der Waals surface area contributed by atoms with E-state index in [1.165, 1.54) is 0 Å². The highest BCUT2D eigenvalue weighted by atomic mass is 16.2. The maximum atomic E-state index is 11.6. The number of anilines is 1. The normalized spacial score (nSPS) is 9.80. The number of amides is 2. The summed E-state index contributed by atoms with van der Waals surface area (Å²) < 4.78 is 0. The van der Waals surface area contributed by atoms with Crippen LogP contribution in [0.25, 0.3) is 0 Å². The van der Waals surface area contributed by atoms with Crippen LogP contribution in [0.2, 0.25) is 0 Å². The standard InChI is InChI=1S/C15H15N3O2/c19-14(17-11-12-5-4-8-16-10-12)9-15(20)18-13-6-2-1-3-7-13/h1-8,10H,9,11H2,(H,17,19)(H,18,20). The fourth-order valence-corrected chi connectivity index (χ4v) is 1.64. The second-order valence-electron chi connectivity index (χ2n) is 4.23. The molecule has 0 atom stereocenters. The molecule has 20 heavy (non-hydrogen) atoms. The van der Waals surface area contributed by atoms with Gasteiger partial charge in [0.2, 0.25) is 11.8 Å². The van der Waals surface area contributed by atoms with Gasteiger partial charge in [-0.3, -0.25) is 14.6 Å². The first-order valence-electron chi connectivity index (χ1n) is 6.24. The number of hydrogen-bond donors (Lipinski definition) is 2. The molecule has 102 valence electrons. The first-order valence-corrected chi connectivity index (χ1v) is 6.24. The number of para-hydroxylation sites is 1. The summed E-state index contributed by atoms with van der Waals surface area (Å²) in [5.41, 5.74) is 1.57. The Morgan fingerprint density at radius 2 is 1.80 bits per heavy atom. The van der Waals surface area contributed by atoms with E-state index in [1.807, 2.05) is 24.3 Å². The molecule has 0 aliphatic carbocycles. The minimum absolute atomic E-state index is 0.199. The summed E-state index contributed by atoms with van der Waals surface area (Å²) in [4.78, 5) is 27.2. The summed E-state index contributed by atoms with van der Waals surface area (Å²) in [6.07, 6.45) is 3.14. The zero-order valence-electron chi connectivity index (χ0n) is 10.9. The van der Waals surface area contributed by atoms with Crippen molar-refractivity contribution < 1.29 is 9.59 Å². The highest BCUT2D eigenvalue weighted by Gasteiger charge is 2.09. The number of nitrogens with one attached hydrogen (secondary N) is 2. The van der Waals surface area contributed by atoms with Crippen molar-refractivity contribution in [2.24, 2.45) is 0 Å². The molecule has 0 saturated carbocycles. The van der Waals surface area contributed by atoms with Crippen molar-refractivity contribution >= 4 is 17.5 Å². The van der Waals surface area contributed by atoms with Gasteiger partial charge in [-0.2, -0.15) is 0 Å². The van der Waals surface area contributed by atoms with Gasteiger partial charge in [0.15, 0.2) is 0 Å². The minimum Gasteiger partial charge on any atom is -0.352 e. The molecule has 0 aliphatic heterocycles. The molecule has 2 amide bonds. The highest BCUT2D eigenvalue weighted by Crippen LogP contribution is 2.05. The zero-order chi connectivity index (χ0) is 14.2. The van der Waals surface area contributed by atoms with E-state index < -0.39 is 0 Å². The number of rotatable bonds is 5. The van der Waals surface area contributed by atoms with E-state index in [-0.39, 0.29) is 18.2 Å². The van der Waals surface area contributed by atoms with E-state index in [9.17, 15) is 9.59 Å². The monoisotopic (exact) mass is 269 g/mol. The largest absolute Gasteiger partial charge is 0.352 e. The van der Waals surface area contributed by atoms with Gasteiger partial charge in [0.05, 0.1) is 0 Å². The molecule has 2 N–H and O–H groups in total. The molecule has 2 aromatic rings. The van der Waals surface area contributed by atoms with E-state index in [0.29, 0.717) is 12.2 Å². The quantitative estimate of drug-likeness (QED) is 0.812. The first-order chi connectivity index (χ1) is 9.74. The van der Waals surface area contributed by atoms with Crippen LogP contribution in [0.4, 0.5) is 5.69 Å². The fourth-order valence-electron chi connectivity index (χ4n) is 1.64. The van der Waals surface area contributed by atoms with Gasteiger partial charge in [0.1, 0.15) is 6.42 Å². The lowest BCUT2D eigenvalue weighted by atomic mass is 10.2. The Bertz CT molecular complexity index is 570. The van der Waals surface area contributed by atoms with Crippen molar-refractivity contribution in [2.75, 3.05) is 5.32 Å². The number of carbonyl (C=O) groups excluding carboxylic acids is 2. The van der Waals surface area contributed by atoms with E-state index in [0.717, 1.165) is 5.56 Å². The average molecular weight is 269 g/mol. The maximum Gasteiger partial charge on any atom is 0.233 e. The third-order valence-corrected chi connectivity index (χ3v) is 2.59. The number of pyridine rings is 1. The lowest BCUT2D eigenvalue weighted by Crippen LogP contribution is -2.27. The Balaban J connectivity index is 1.75. The van der Waals surface area contributed by atoms with Gasteiger partial charge in [-0.25, -0.2) is 0 Å². The van der Waals surface area contributed by atoms with Crippen molar-refractivity contribution in [3.63, 3.8) is 0 Å². The van der Waals surface area contributed by atoms with Crippen LogP contribution in [0, 0.1) is 0 Å². The number of aromatic nitrogens is 1. The van der Waals surface area contributed by atoms with Gasteiger partial charge in [0, 0.05) is 24.6 Å².